The number of halogens is 3. The van der Waals surface area contributed by atoms with Crippen LogP contribution in [-0.2, 0) is 0 Å². The molecule has 1 aliphatic heterocycles. The molecule has 4 aromatic rings. The summed E-state index contributed by atoms with van der Waals surface area (Å²) in [6, 6.07) is 15.4. The van der Waals surface area contributed by atoms with E-state index in [0.29, 0.717) is 26.7 Å². The van der Waals surface area contributed by atoms with Crippen LogP contribution in [0.1, 0.15) is 34.7 Å². The van der Waals surface area contributed by atoms with Gasteiger partial charge in [0.05, 0.1) is 21.7 Å². The molecule has 2 aromatic carbocycles. The minimum Gasteiger partial charge on any atom is -0.464 e. The van der Waals surface area contributed by atoms with Gasteiger partial charge in [0.1, 0.15) is 11.6 Å². The second kappa shape index (κ2) is 6.09. The molecule has 1 aliphatic carbocycles. The normalized spacial score (nSPS) is 18.0. The van der Waals surface area contributed by atoms with Crippen molar-refractivity contribution in [3.63, 3.8) is 0 Å². The van der Waals surface area contributed by atoms with Crippen LogP contribution in [0.5, 0.6) is 5.75 Å². The van der Waals surface area contributed by atoms with Crippen LogP contribution in [0.15, 0.2) is 53.0 Å². The highest BCUT2D eigenvalue weighted by Gasteiger charge is 2.33. The van der Waals surface area contributed by atoms with Gasteiger partial charge in [-0.3, -0.25) is 4.57 Å². The van der Waals surface area contributed by atoms with Crippen molar-refractivity contribution >= 4 is 49.8 Å². The second-order valence-electron chi connectivity index (χ2n) is 7.35. The highest BCUT2D eigenvalue weighted by Crippen LogP contribution is 2.49. The van der Waals surface area contributed by atoms with Gasteiger partial charge in [-0.15, -0.1) is 11.3 Å². The Balaban J connectivity index is 1.62. The Labute approximate surface area is 178 Å². The molecule has 3 heterocycles. The number of aromatic nitrogens is 1. The van der Waals surface area contributed by atoms with E-state index in [9.17, 15) is 4.39 Å². The van der Waals surface area contributed by atoms with Gasteiger partial charge >= 0.3 is 0 Å². The molecule has 1 unspecified atom stereocenters. The first kappa shape index (κ1) is 17.1. The summed E-state index contributed by atoms with van der Waals surface area (Å²) in [6.07, 6.45) is 2.21. The predicted molar refractivity (Wildman–Crippen MR) is 115 cm³/mol. The average molecular weight is 475 g/mol. The van der Waals surface area contributed by atoms with Gasteiger partial charge in [0.15, 0.2) is 0 Å². The first-order valence-electron chi connectivity index (χ1n) is 9.15. The maximum Gasteiger partial charge on any atom is 0.212 e. The zero-order valence-electron chi connectivity index (χ0n) is 14.6. The molecule has 0 amide bonds. The number of hydrogen-bond acceptors (Lipinski definition) is 2. The molecule has 0 spiro atoms. The topological polar surface area (TPSA) is 14.2 Å². The standard InChI is InChI=1S/C22H14BrClFNOS/c23-13-9-15(25)21-17-8-12-7-14(24)3-4-16(12)26(17)22(27-18(21)10-13)20-6-5-19(28-20)11-1-2-11/h3-11,22H,1-2H2. The van der Waals surface area contributed by atoms with Crippen LogP contribution in [-0.4, -0.2) is 4.57 Å². The van der Waals surface area contributed by atoms with Crippen LogP contribution < -0.4 is 4.74 Å². The molecule has 140 valence electrons. The van der Waals surface area contributed by atoms with Crippen molar-refractivity contribution in [2.75, 3.05) is 0 Å². The summed E-state index contributed by atoms with van der Waals surface area (Å²) < 4.78 is 24.1. The van der Waals surface area contributed by atoms with Gasteiger partial charge in [-0.2, -0.15) is 0 Å². The minimum absolute atomic E-state index is 0.303. The molecular formula is C22H14BrClFNOS. The van der Waals surface area contributed by atoms with E-state index in [1.165, 1.54) is 23.8 Å². The molecule has 1 atom stereocenters. The smallest absolute Gasteiger partial charge is 0.212 e. The van der Waals surface area contributed by atoms with Crippen molar-refractivity contribution in [1.29, 1.82) is 0 Å². The SMILES string of the molecule is Fc1cc(Br)cc2c1-c1cc3cc(Cl)ccc3n1C(c1ccc(C3CC3)s1)O2. The van der Waals surface area contributed by atoms with Crippen molar-refractivity contribution in [2.45, 2.75) is 25.0 Å². The number of benzene rings is 2. The highest BCUT2D eigenvalue weighted by atomic mass is 79.9. The van der Waals surface area contributed by atoms with Crippen LogP contribution in [0, 0.1) is 5.82 Å². The Bertz CT molecular complexity index is 1260. The molecule has 0 N–H and O–H groups in total. The van der Waals surface area contributed by atoms with E-state index < -0.39 is 0 Å². The molecule has 0 bridgehead atoms. The van der Waals surface area contributed by atoms with E-state index in [1.807, 2.05) is 30.3 Å². The molecule has 6 heteroatoms. The predicted octanol–water partition coefficient (Wildman–Crippen LogP) is 7.74. The van der Waals surface area contributed by atoms with Crippen molar-refractivity contribution in [3.05, 3.63) is 73.6 Å². The van der Waals surface area contributed by atoms with Crippen LogP contribution in [0.25, 0.3) is 22.2 Å². The highest BCUT2D eigenvalue weighted by molar-refractivity contribution is 9.10. The van der Waals surface area contributed by atoms with Gasteiger partial charge in [-0.25, -0.2) is 4.39 Å². The summed E-state index contributed by atoms with van der Waals surface area (Å²) in [5, 5.41) is 1.64. The lowest BCUT2D eigenvalue weighted by molar-refractivity contribution is 0.176. The fraction of sp³-hybridized carbons (Fsp3) is 0.182. The number of thiophene rings is 1. The Hall–Kier alpha value is -1.82. The number of rotatable bonds is 2. The van der Waals surface area contributed by atoms with Crippen molar-refractivity contribution in [3.8, 4) is 17.0 Å². The Morgan fingerprint density at radius 1 is 1.07 bits per heavy atom. The summed E-state index contributed by atoms with van der Waals surface area (Å²) in [5.41, 5.74) is 2.29. The molecule has 1 saturated carbocycles. The third-order valence-corrected chi connectivity index (χ3v) is 7.39. The van der Waals surface area contributed by atoms with Crippen molar-refractivity contribution < 1.29 is 9.13 Å². The Morgan fingerprint density at radius 2 is 1.89 bits per heavy atom. The number of hydrogen-bond donors (Lipinski definition) is 0. The Morgan fingerprint density at radius 3 is 2.71 bits per heavy atom. The van der Waals surface area contributed by atoms with Gasteiger partial charge in [-0.1, -0.05) is 27.5 Å². The van der Waals surface area contributed by atoms with Gasteiger partial charge in [-0.05, 0) is 67.3 Å². The van der Waals surface area contributed by atoms with E-state index in [-0.39, 0.29) is 12.0 Å². The molecule has 2 nitrogen and oxygen atoms in total. The average Bonchev–Trinajstić information content (AvgIpc) is 3.26. The first-order valence-corrected chi connectivity index (χ1v) is 11.1. The van der Waals surface area contributed by atoms with E-state index in [0.717, 1.165) is 21.5 Å². The lowest BCUT2D eigenvalue weighted by atomic mass is 10.1. The maximum absolute atomic E-state index is 14.9. The zero-order chi connectivity index (χ0) is 19.0. The zero-order valence-corrected chi connectivity index (χ0v) is 17.7. The second-order valence-corrected chi connectivity index (χ2v) is 9.85. The van der Waals surface area contributed by atoms with E-state index in [1.54, 1.807) is 11.3 Å². The van der Waals surface area contributed by atoms with Crippen molar-refractivity contribution in [1.82, 2.24) is 4.57 Å². The number of ether oxygens (including phenoxy) is 1. The maximum atomic E-state index is 14.9. The van der Waals surface area contributed by atoms with Crippen LogP contribution in [0.2, 0.25) is 5.02 Å². The van der Waals surface area contributed by atoms with E-state index in [4.69, 9.17) is 16.3 Å². The monoisotopic (exact) mass is 473 g/mol. The first-order chi connectivity index (χ1) is 13.6. The summed E-state index contributed by atoms with van der Waals surface area (Å²) in [4.78, 5) is 2.53. The fourth-order valence-electron chi connectivity index (χ4n) is 3.99. The third kappa shape index (κ3) is 2.56. The van der Waals surface area contributed by atoms with E-state index in [2.05, 4.69) is 32.6 Å². The quantitative estimate of drug-likeness (QED) is 0.290. The molecule has 28 heavy (non-hydrogen) atoms. The number of fused-ring (bicyclic) bond motifs is 5. The molecule has 0 saturated heterocycles. The van der Waals surface area contributed by atoms with E-state index >= 15 is 0 Å². The Kier molecular flexibility index (Phi) is 3.71. The lowest BCUT2D eigenvalue weighted by Gasteiger charge is -2.29. The molecule has 6 rings (SSSR count). The third-order valence-electron chi connectivity index (χ3n) is 5.42. The van der Waals surface area contributed by atoms with Crippen LogP contribution in [0.3, 0.4) is 0 Å². The largest absolute Gasteiger partial charge is 0.464 e. The van der Waals surface area contributed by atoms with Gasteiger partial charge in [0, 0.05) is 19.8 Å². The van der Waals surface area contributed by atoms with Gasteiger partial charge < -0.3 is 4.74 Å². The lowest BCUT2D eigenvalue weighted by Crippen LogP contribution is -2.21. The van der Waals surface area contributed by atoms with Crippen molar-refractivity contribution in [2.24, 2.45) is 0 Å². The van der Waals surface area contributed by atoms with Crippen LogP contribution >= 0.6 is 38.9 Å². The molecule has 1 fully saturated rings. The summed E-state index contributed by atoms with van der Waals surface area (Å²) in [6.45, 7) is 0. The summed E-state index contributed by atoms with van der Waals surface area (Å²) >= 11 is 11.4. The van der Waals surface area contributed by atoms with Gasteiger partial charge in [0.2, 0.25) is 6.23 Å². The molecule has 2 aliphatic rings. The molecule has 2 aromatic heterocycles. The molecular weight excluding hydrogens is 461 g/mol. The summed E-state index contributed by atoms with van der Waals surface area (Å²) in [5.74, 6) is 0.948. The van der Waals surface area contributed by atoms with Gasteiger partial charge in [0.25, 0.3) is 0 Å². The number of nitrogens with zero attached hydrogens (tertiary/aromatic N) is 1. The van der Waals surface area contributed by atoms with Crippen LogP contribution in [0.4, 0.5) is 4.39 Å². The molecule has 0 radical (unpaired) electrons. The summed E-state index contributed by atoms with van der Waals surface area (Å²) in [7, 11) is 0. The minimum atomic E-state index is -0.327. The fourth-order valence-corrected chi connectivity index (χ4v) is 5.78.